The summed E-state index contributed by atoms with van der Waals surface area (Å²) in [6.07, 6.45) is -0.553. The van der Waals surface area contributed by atoms with Gasteiger partial charge in [-0.05, 0) is 36.4 Å². The highest BCUT2D eigenvalue weighted by Gasteiger charge is 2.07. The van der Waals surface area contributed by atoms with Crippen molar-refractivity contribution < 1.29 is 19.4 Å². The van der Waals surface area contributed by atoms with Gasteiger partial charge in [-0.3, -0.25) is 9.59 Å². The zero-order valence-electron chi connectivity index (χ0n) is 10.6. The molecule has 2 N–H and O–H groups in total. The molecule has 20 heavy (non-hydrogen) atoms. The van der Waals surface area contributed by atoms with Crippen molar-refractivity contribution in [2.24, 2.45) is 0 Å². The number of carbonyl (C=O) groups excluding carboxylic acids is 1. The van der Waals surface area contributed by atoms with E-state index in [9.17, 15) is 9.59 Å². The van der Waals surface area contributed by atoms with Gasteiger partial charge in [-0.2, -0.15) is 0 Å². The fraction of sp³-hybridized carbons (Fsp3) is 0.0667. The molecule has 0 saturated heterocycles. The third-order valence-electron chi connectivity index (χ3n) is 2.43. The van der Waals surface area contributed by atoms with Crippen LogP contribution in [0.25, 0.3) is 0 Å². The van der Waals surface area contributed by atoms with E-state index in [2.05, 4.69) is 5.32 Å². The number of nitrogens with one attached hydrogen (secondary N) is 1. The zero-order valence-corrected chi connectivity index (χ0v) is 10.6. The van der Waals surface area contributed by atoms with E-state index < -0.39 is 18.3 Å². The molecule has 0 aromatic heterocycles. The van der Waals surface area contributed by atoms with Crippen LogP contribution in [0.4, 0.5) is 5.69 Å². The Labute approximate surface area is 115 Å². The molecule has 1 amide bonds. The van der Waals surface area contributed by atoms with Crippen molar-refractivity contribution in [3.05, 3.63) is 54.6 Å². The minimum Gasteiger partial charge on any atom is -0.481 e. The molecule has 0 unspecified atom stereocenters. The molecule has 5 heteroatoms. The molecule has 0 bridgehead atoms. The largest absolute Gasteiger partial charge is 0.481 e. The summed E-state index contributed by atoms with van der Waals surface area (Å²) >= 11 is 0. The van der Waals surface area contributed by atoms with Gasteiger partial charge in [0.15, 0.2) is 0 Å². The van der Waals surface area contributed by atoms with Crippen LogP contribution in [0.15, 0.2) is 54.6 Å². The van der Waals surface area contributed by atoms with Gasteiger partial charge >= 0.3 is 5.97 Å². The molecule has 2 rings (SSSR count). The van der Waals surface area contributed by atoms with Crippen LogP contribution in [0.1, 0.15) is 6.42 Å². The first-order chi connectivity index (χ1) is 9.63. The van der Waals surface area contributed by atoms with Crippen molar-refractivity contribution in [3.8, 4) is 11.5 Å². The number of aliphatic carboxylic acids is 1. The van der Waals surface area contributed by atoms with Gasteiger partial charge in [-0.25, -0.2) is 0 Å². The number of anilines is 1. The normalized spacial score (nSPS) is 9.80. The Hall–Kier alpha value is -2.82. The molecule has 0 fully saturated rings. The van der Waals surface area contributed by atoms with Gasteiger partial charge in [0, 0.05) is 5.69 Å². The summed E-state index contributed by atoms with van der Waals surface area (Å²) in [7, 11) is 0. The molecule has 0 aliphatic carbocycles. The maximum absolute atomic E-state index is 11.3. The number of carbonyl (C=O) groups is 2. The van der Waals surface area contributed by atoms with Gasteiger partial charge in [0.25, 0.3) is 0 Å². The number of carboxylic acids is 1. The first-order valence-electron chi connectivity index (χ1n) is 5.98. The third kappa shape index (κ3) is 4.13. The lowest BCUT2D eigenvalue weighted by Crippen LogP contribution is -2.15. The van der Waals surface area contributed by atoms with Crippen molar-refractivity contribution in [2.75, 3.05) is 5.32 Å². The average Bonchev–Trinajstić information content (AvgIpc) is 2.41. The maximum Gasteiger partial charge on any atom is 0.312 e. The summed E-state index contributed by atoms with van der Waals surface area (Å²) < 4.78 is 5.60. The molecule has 0 heterocycles. The van der Waals surface area contributed by atoms with Crippen LogP contribution in [0.3, 0.4) is 0 Å². The molecule has 5 nitrogen and oxygen atoms in total. The Morgan fingerprint density at radius 1 is 0.950 bits per heavy atom. The second-order valence-corrected chi connectivity index (χ2v) is 4.06. The number of carboxylic acid groups (broad SMARTS) is 1. The number of benzene rings is 2. The Morgan fingerprint density at radius 3 is 2.15 bits per heavy atom. The Balaban J connectivity index is 1.96. The van der Waals surface area contributed by atoms with E-state index in [-0.39, 0.29) is 0 Å². The molecule has 0 aliphatic rings. The Morgan fingerprint density at radius 2 is 1.55 bits per heavy atom. The number of ether oxygens (including phenoxy) is 1. The van der Waals surface area contributed by atoms with E-state index in [1.54, 1.807) is 24.3 Å². The summed E-state index contributed by atoms with van der Waals surface area (Å²) in [6.45, 7) is 0. The molecule has 0 saturated carbocycles. The van der Waals surface area contributed by atoms with E-state index >= 15 is 0 Å². The van der Waals surface area contributed by atoms with Crippen molar-refractivity contribution in [2.45, 2.75) is 6.42 Å². The molecule has 0 radical (unpaired) electrons. The first kappa shape index (κ1) is 13.6. The van der Waals surface area contributed by atoms with Crippen LogP contribution in [0.2, 0.25) is 0 Å². The third-order valence-corrected chi connectivity index (χ3v) is 2.43. The van der Waals surface area contributed by atoms with Gasteiger partial charge in [0.2, 0.25) is 5.91 Å². The van der Waals surface area contributed by atoms with E-state index in [4.69, 9.17) is 9.84 Å². The van der Waals surface area contributed by atoms with Crippen LogP contribution in [-0.4, -0.2) is 17.0 Å². The molecular weight excluding hydrogens is 258 g/mol. The smallest absolute Gasteiger partial charge is 0.312 e. The lowest BCUT2D eigenvalue weighted by Gasteiger charge is -2.07. The Bertz CT molecular complexity index is 593. The number of para-hydroxylation sites is 1. The fourth-order valence-electron chi connectivity index (χ4n) is 1.57. The minimum absolute atomic E-state index is 0.525. The van der Waals surface area contributed by atoms with Crippen LogP contribution in [0, 0.1) is 0 Å². The number of rotatable bonds is 5. The van der Waals surface area contributed by atoms with Gasteiger partial charge in [0.1, 0.15) is 17.9 Å². The van der Waals surface area contributed by atoms with Crippen molar-refractivity contribution in [1.29, 1.82) is 0 Å². The standard InChI is InChI=1S/C15H13NO4/c17-14(10-15(18)19)16-11-6-8-13(9-7-11)20-12-4-2-1-3-5-12/h1-9H,10H2,(H,16,17)(H,18,19). The quantitative estimate of drug-likeness (QED) is 0.820. The van der Waals surface area contributed by atoms with E-state index in [0.29, 0.717) is 11.4 Å². The second-order valence-electron chi connectivity index (χ2n) is 4.06. The number of amides is 1. The van der Waals surface area contributed by atoms with Crippen LogP contribution in [-0.2, 0) is 9.59 Å². The van der Waals surface area contributed by atoms with E-state index in [1.807, 2.05) is 30.3 Å². The monoisotopic (exact) mass is 271 g/mol. The van der Waals surface area contributed by atoms with E-state index in [1.165, 1.54) is 0 Å². The lowest BCUT2D eigenvalue weighted by molar-refractivity contribution is -0.139. The van der Waals surface area contributed by atoms with Crippen molar-refractivity contribution >= 4 is 17.6 Å². The summed E-state index contributed by atoms with van der Waals surface area (Å²) in [6, 6.07) is 16.0. The SMILES string of the molecule is O=C(O)CC(=O)Nc1ccc(Oc2ccccc2)cc1. The second kappa shape index (κ2) is 6.38. The topological polar surface area (TPSA) is 75.6 Å². The van der Waals surface area contributed by atoms with Crippen LogP contribution < -0.4 is 10.1 Å². The average molecular weight is 271 g/mol. The zero-order chi connectivity index (χ0) is 14.4. The van der Waals surface area contributed by atoms with Gasteiger partial charge in [-0.15, -0.1) is 0 Å². The summed E-state index contributed by atoms with van der Waals surface area (Å²) in [5.74, 6) is -0.372. The minimum atomic E-state index is -1.16. The first-order valence-corrected chi connectivity index (χ1v) is 5.98. The molecule has 2 aromatic carbocycles. The molecular formula is C15H13NO4. The lowest BCUT2D eigenvalue weighted by atomic mass is 10.3. The van der Waals surface area contributed by atoms with Gasteiger partial charge in [0.05, 0.1) is 0 Å². The highest BCUT2D eigenvalue weighted by molar-refractivity contribution is 6.01. The summed E-state index contributed by atoms with van der Waals surface area (Å²) in [5.41, 5.74) is 0.525. The predicted octanol–water partition coefficient (Wildman–Crippen LogP) is 2.89. The molecule has 2 aromatic rings. The van der Waals surface area contributed by atoms with Crippen molar-refractivity contribution in [3.63, 3.8) is 0 Å². The van der Waals surface area contributed by atoms with Gasteiger partial charge < -0.3 is 15.2 Å². The molecule has 102 valence electrons. The molecule has 0 spiro atoms. The number of hydrogen-bond donors (Lipinski definition) is 2. The molecule has 0 atom stereocenters. The highest BCUT2D eigenvalue weighted by atomic mass is 16.5. The van der Waals surface area contributed by atoms with Crippen molar-refractivity contribution in [1.82, 2.24) is 0 Å². The number of hydrogen-bond acceptors (Lipinski definition) is 3. The predicted molar refractivity (Wildman–Crippen MR) is 73.8 cm³/mol. The summed E-state index contributed by atoms with van der Waals surface area (Å²) in [5, 5.41) is 11.0. The van der Waals surface area contributed by atoms with Crippen LogP contribution >= 0.6 is 0 Å². The highest BCUT2D eigenvalue weighted by Crippen LogP contribution is 2.22. The summed E-state index contributed by atoms with van der Waals surface area (Å²) in [4.78, 5) is 21.7. The Kier molecular flexibility index (Phi) is 4.34. The van der Waals surface area contributed by atoms with Crippen LogP contribution in [0.5, 0.6) is 11.5 Å². The van der Waals surface area contributed by atoms with E-state index in [0.717, 1.165) is 5.75 Å². The maximum atomic E-state index is 11.3. The van der Waals surface area contributed by atoms with Gasteiger partial charge in [-0.1, -0.05) is 18.2 Å². The molecule has 0 aliphatic heterocycles. The fourth-order valence-corrected chi connectivity index (χ4v) is 1.57.